The van der Waals surface area contributed by atoms with Crippen LogP contribution in [0.5, 0.6) is 0 Å². The van der Waals surface area contributed by atoms with E-state index < -0.39 is 0 Å². The van der Waals surface area contributed by atoms with E-state index in [1.165, 1.54) is 0 Å². The zero-order valence-corrected chi connectivity index (χ0v) is 15.0. The largest absolute Gasteiger partial charge is 0.331 e. The summed E-state index contributed by atoms with van der Waals surface area (Å²) in [6.45, 7) is 2.37. The molecular formula is C18H19ClN2O2S. The standard InChI is InChI=1S/C18H19ClN2O2S/c1-2-17(22)20-16-9-13(19)3-6-15(16)18(23)21(14-4-5-14)10-12-7-8-24-11-12/h3,6-9,11,14H,2,4-5,10H2,1H3,(H,20,22). The summed E-state index contributed by atoms with van der Waals surface area (Å²) in [7, 11) is 0. The van der Waals surface area contributed by atoms with Gasteiger partial charge in [0.05, 0.1) is 11.3 Å². The maximum absolute atomic E-state index is 13.1. The lowest BCUT2D eigenvalue weighted by molar-refractivity contribution is -0.115. The summed E-state index contributed by atoms with van der Waals surface area (Å²) < 4.78 is 0. The minimum atomic E-state index is -0.137. The third kappa shape index (κ3) is 3.97. The molecule has 0 unspecified atom stereocenters. The zero-order chi connectivity index (χ0) is 17.1. The van der Waals surface area contributed by atoms with Crippen LogP contribution in [-0.2, 0) is 11.3 Å². The Labute approximate surface area is 150 Å². The van der Waals surface area contributed by atoms with Crippen molar-refractivity contribution in [1.82, 2.24) is 4.90 Å². The molecule has 6 heteroatoms. The molecule has 24 heavy (non-hydrogen) atoms. The molecule has 2 aromatic rings. The fourth-order valence-electron chi connectivity index (χ4n) is 2.53. The van der Waals surface area contributed by atoms with Gasteiger partial charge in [0.1, 0.15) is 0 Å². The summed E-state index contributed by atoms with van der Waals surface area (Å²) in [6, 6.07) is 7.33. The van der Waals surface area contributed by atoms with Crippen LogP contribution in [0.4, 0.5) is 5.69 Å². The smallest absolute Gasteiger partial charge is 0.256 e. The number of benzene rings is 1. The van der Waals surface area contributed by atoms with Gasteiger partial charge in [0.2, 0.25) is 5.91 Å². The summed E-state index contributed by atoms with van der Waals surface area (Å²) in [5, 5.41) is 7.35. The van der Waals surface area contributed by atoms with Crippen LogP contribution in [0.15, 0.2) is 35.0 Å². The minimum Gasteiger partial charge on any atom is -0.331 e. The van der Waals surface area contributed by atoms with Crippen molar-refractivity contribution in [3.8, 4) is 0 Å². The number of hydrogen-bond acceptors (Lipinski definition) is 3. The number of halogens is 1. The van der Waals surface area contributed by atoms with Crippen molar-refractivity contribution in [1.29, 1.82) is 0 Å². The van der Waals surface area contributed by atoms with Crippen LogP contribution in [0, 0.1) is 0 Å². The average Bonchev–Trinajstić information content (AvgIpc) is 3.28. The molecule has 1 aliphatic carbocycles. The van der Waals surface area contributed by atoms with E-state index in [9.17, 15) is 9.59 Å². The fraction of sp³-hybridized carbons (Fsp3) is 0.333. The van der Waals surface area contributed by atoms with E-state index in [1.807, 2.05) is 16.3 Å². The number of amides is 2. The van der Waals surface area contributed by atoms with Gasteiger partial charge in [-0.3, -0.25) is 9.59 Å². The number of carbonyl (C=O) groups is 2. The maximum atomic E-state index is 13.1. The Morgan fingerprint density at radius 1 is 1.33 bits per heavy atom. The summed E-state index contributed by atoms with van der Waals surface area (Å²) in [4.78, 5) is 26.7. The van der Waals surface area contributed by atoms with Crippen LogP contribution < -0.4 is 5.32 Å². The van der Waals surface area contributed by atoms with Crippen LogP contribution in [0.1, 0.15) is 42.1 Å². The highest BCUT2D eigenvalue weighted by Gasteiger charge is 2.34. The highest BCUT2D eigenvalue weighted by molar-refractivity contribution is 7.07. The Morgan fingerprint density at radius 2 is 2.12 bits per heavy atom. The first kappa shape index (κ1) is 17.0. The van der Waals surface area contributed by atoms with Gasteiger partial charge in [-0.1, -0.05) is 18.5 Å². The van der Waals surface area contributed by atoms with Gasteiger partial charge < -0.3 is 10.2 Å². The van der Waals surface area contributed by atoms with E-state index in [-0.39, 0.29) is 17.9 Å². The Bertz CT molecular complexity index is 741. The van der Waals surface area contributed by atoms with E-state index in [0.717, 1.165) is 18.4 Å². The van der Waals surface area contributed by atoms with Gasteiger partial charge >= 0.3 is 0 Å². The first-order chi connectivity index (χ1) is 11.6. The number of carbonyl (C=O) groups excluding carboxylic acids is 2. The maximum Gasteiger partial charge on any atom is 0.256 e. The lowest BCUT2D eigenvalue weighted by atomic mass is 10.1. The second-order valence-corrected chi connectivity index (χ2v) is 7.10. The van der Waals surface area contributed by atoms with Gasteiger partial charge in [-0.05, 0) is 53.4 Å². The second-order valence-electron chi connectivity index (χ2n) is 5.89. The molecule has 0 saturated heterocycles. The molecule has 1 aromatic carbocycles. The van der Waals surface area contributed by atoms with Crippen LogP contribution in [0.3, 0.4) is 0 Å². The van der Waals surface area contributed by atoms with Crippen molar-refractivity contribution in [2.24, 2.45) is 0 Å². The Morgan fingerprint density at radius 3 is 2.75 bits per heavy atom. The summed E-state index contributed by atoms with van der Waals surface area (Å²) in [5.41, 5.74) is 2.10. The fourth-order valence-corrected chi connectivity index (χ4v) is 3.36. The number of anilines is 1. The van der Waals surface area contributed by atoms with E-state index >= 15 is 0 Å². The number of hydrogen-bond donors (Lipinski definition) is 1. The summed E-state index contributed by atoms with van der Waals surface area (Å²) >= 11 is 7.67. The van der Waals surface area contributed by atoms with Crippen LogP contribution in [0.25, 0.3) is 0 Å². The molecule has 1 aliphatic rings. The molecule has 0 spiro atoms. The third-order valence-electron chi connectivity index (χ3n) is 3.99. The van der Waals surface area contributed by atoms with E-state index in [4.69, 9.17) is 11.6 Å². The van der Waals surface area contributed by atoms with Gasteiger partial charge in [0, 0.05) is 24.0 Å². The van der Waals surface area contributed by atoms with Gasteiger partial charge in [-0.2, -0.15) is 11.3 Å². The first-order valence-electron chi connectivity index (χ1n) is 8.00. The minimum absolute atomic E-state index is 0.0632. The zero-order valence-electron chi connectivity index (χ0n) is 13.4. The van der Waals surface area contributed by atoms with E-state index in [2.05, 4.69) is 10.7 Å². The Hall–Kier alpha value is -1.85. The van der Waals surface area contributed by atoms with E-state index in [0.29, 0.717) is 29.2 Å². The lowest BCUT2D eigenvalue weighted by Gasteiger charge is -2.23. The third-order valence-corrected chi connectivity index (χ3v) is 4.96. The molecule has 0 aliphatic heterocycles. The second kappa shape index (κ2) is 7.36. The topological polar surface area (TPSA) is 49.4 Å². The van der Waals surface area contributed by atoms with Gasteiger partial charge in [0.25, 0.3) is 5.91 Å². The Kier molecular flexibility index (Phi) is 5.21. The lowest BCUT2D eigenvalue weighted by Crippen LogP contribution is -2.33. The summed E-state index contributed by atoms with van der Waals surface area (Å²) in [6.07, 6.45) is 2.40. The number of nitrogens with one attached hydrogen (secondary N) is 1. The molecule has 1 fully saturated rings. The SMILES string of the molecule is CCC(=O)Nc1cc(Cl)ccc1C(=O)N(Cc1ccsc1)C1CC1. The molecule has 4 nitrogen and oxygen atoms in total. The molecule has 126 valence electrons. The molecule has 1 heterocycles. The van der Waals surface area contributed by atoms with Gasteiger partial charge in [-0.15, -0.1) is 0 Å². The molecule has 0 atom stereocenters. The molecule has 0 bridgehead atoms. The molecule has 1 N–H and O–H groups in total. The molecule has 2 amide bonds. The predicted molar refractivity (Wildman–Crippen MR) is 97.6 cm³/mol. The normalized spacial score (nSPS) is 13.6. The number of thiophene rings is 1. The summed E-state index contributed by atoms with van der Waals surface area (Å²) in [5.74, 6) is -0.200. The average molecular weight is 363 g/mol. The van der Waals surface area contributed by atoms with Gasteiger partial charge in [-0.25, -0.2) is 0 Å². The molecule has 0 radical (unpaired) electrons. The van der Waals surface area contributed by atoms with Crippen molar-refractivity contribution >= 4 is 40.4 Å². The van der Waals surface area contributed by atoms with Crippen molar-refractivity contribution in [2.75, 3.05) is 5.32 Å². The van der Waals surface area contributed by atoms with Crippen LogP contribution >= 0.6 is 22.9 Å². The molecule has 1 saturated carbocycles. The van der Waals surface area contributed by atoms with Crippen LogP contribution in [0.2, 0.25) is 5.02 Å². The van der Waals surface area contributed by atoms with Gasteiger partial charge in [0.15, 0.2) is 0 Å². The van der Waals surface area contributed by atoms with Crippen molar-refractivity contribution in [3.05, 3.63) is 51.2 Å². The highest BCUT2D eigenvalue weighted by atomic mass is 35.5. The first-order valence-corrected chi connectivity index (χ1v) is 9.32. The quantitative estimate of drug-likeness (QED) is 0.819. The van der Waals surface area contributed by atoms with Crippen LogP contribution in [-0.4, -0.2) is 22.8 Å². The predicted octanol–water partition coefficient (Wildman–Crippen LogP) is 4.55. The highest BCUT2D eigenvalue weighted by Crippen LogP contribution is 2.32. The van der Waals surface area contributed by atoms with Crippen molar-refractivity contribution in [3.63, 3.8) is 0 Å². The molecule has 1 aromatic heterocycles. The van der Waals surface area contributed by atoms with E-state index in [1.54, 1.807) is 36.5 Å². The molecular weight excluding hydrogens is 344 g/mol. The van der Waals surface area contributed by atoms with Crippen molar-refractivity contribution < 1.29 is 9.59 Å². The monoisotopic (exact) mass is 362 g/mol. The molecule has 3 rings (SSSR count). The number of rotatable bonds is 6. The number of nitrogens with zero attached hydrogens (tertiary/aromatic N) is 1. The van der Waals surface area contributed by atoms with Crippen molar-refractivity contribution in [2.45, 2.75) is 38.8 Å². The Balaban J connectivity index is 1.88.